The third kappa shape index (κ3) is 2.23. The van der Waals surface area contributed by atoms with Crippen LogP contribution in [0.1, 0.15) is 5.56 Å². The van der Waals surface area contributed by atoms with Gasteiger partial charge in [-0.1, -0.05) is 0 Å². The van der Waals surface area contributed by atoms with E-state index in [1.165, 1.54) is 0 Å². The molecule has 5 nitrogen and oxygen atoms in total. The summed E-state index contributed by atoms with van der Waals surface area (Å²) in [7, 11) is 0. The first kappa shape index (κ1) is 12.9. The van der Waals surface area contributed by atoms with Crippen LogP contribution in [0.15, 0.2) is 16.6 Å². The molecule has 0 spiro atoms. The standard InChI is InChI=1S/C13H16BrN3O2/c1-8-2-13(11(14)3-12(8)17(18)19)16-6-9-4-15-5-10(9)7-16/h2-3,9-10,15H,4-7H2,1H3/t9-,10+. The molecule has 6 heteroatoms. The lowest BCUT2D eigenvalue weighted by Gasteiger charge is -2.21. The molecule has 2 fully saturated rings. The second-order valence-electron chi connectivity index (χ2n) is 5.43. The largest absolute Gasteiger partial charge is 0.370 e. The van der Waals surface area contributed by atoms with Crippen molar-refractivity contribution in [3.05, 3.63) is 32.3 Å². The van der Waals surface area contributed by atoms with Crippen molar-refractivity contribution in [2.24, 2.45) is 11.8 Å². The number of nitrogens with zero attached hydrogens (tertiary/aromatic N) is 2. The molecular formula is C13H16BrN3O2. The maximum absolute atomic E-state index is 10.9. The van der Waals surface area contributed by atoms with Crippen LogP contribution in [0.5, 0.6) is 0 Å². The lowest BCUT2D eigenvalue weighted by Crippen LogP contribution is -2.25. The normalized spacial score (nSPS) is 25.7. The van der Waals surface area contributed by atoms with Gasteiger partial charge in [-0.2, -0.15) is 0 Å². The zero-order valence-corrected chi connectivity index (χ0v) is 12.3. The third-order valence-electron chi connectivity index (χ3n) is 4.19. The SMILES string of the molecule is Cc1cc(N2C[C@H]3CNC[C@H]3C2)c(Br)cc1[N+](=O)[O-]. The molecule has 1 N–H and O–H groups in total. The highest BCUT2D eigenvalue weighted by molar-refractivity contribution is 9.10. The van der Waals surface area contributed by atoms with Crippen LogP contribution in [-0.4, -0.2) is 31.1 Å². The quantitative estimate of drug-likeness (QED) is 0.669. The highest BCUT2D eigenvalue weighted by atomic mass is 79.9. The van der Waals surface area contributed by atoms with Crippen molar-refractivity contribution >= 4 is 27.3 Å². The average Bonchev–Trinajstić information content (AvgIpc) is 2.91. The van der Waals surface area contributed by atoms with Crippen LogP contribution in [0.2, 0.25) is 0 Å². The summed E-state index contributed by atoms with van der Waals surface area (Å²) in [5, 5.41) is 14.3. The molecule has 0 radical (unpaired) electrons. The molecule has 0 saturated carbocycles. The third-order valence-corrected chi connectivity index (χ3v) is 4.83. The molecule has 2 saturated heterocycles. The van der Waals surface area contributed by atoms with Crippen molar-refractivity contribution in [1.29, 1.82) is 0 Å². The van der Waals surface area contributed by atoms with Gasteiger partial charge in [-0.05, 0) is 40.8 Å². The molecule has 3 rings (SSSR count). The minimum absolute atomic E-state index is 0.177. The monoisotopic (exact) mass is 325 g/mol. The Bertz CT molecular complexity index is 523. The maximum atomic E-state index is 10.9. The molecule has 19 heavy (non-hydrogen) atoms. The Kier molecular flexibility index (Phi) is 3.22. The van der Waals surface area contributed by atoms with E-state index in [0.717, 1.165) is 41.9 Å². The summed E-state index contributed by atoms with van der Waals surface area (Å²) in [5.74, 6) is 1.42. The topological polar surface area (TPSA) is 58.4 Å². The highest BCUT2D eigenvalue weighted by Crippen LogP contribution is 2.37. The number of nitrogens with one attached hydrogen (secondary N) is 1. The van der Waals surface area contributed by atoms with Crippen LogP contribution in [0.3, 0.4) is 0 Å². The summed E-state index contributed by atoms with van der Waals surface area (Å²) in [5.41, 5.74) is 1.98. The smallest absolute Gasteiger partial charge is 0.273 e. The number of benzene rings is 1. The number of nitro groups is 1. The molecule has 2 atom stereocenters. The zero-order valence-electron chi connectivity index (χ0n) is 10.7. The van der Waals surface area contributed by atoms with Gasteiger partial charge in [-0.25, -0.2) is 0 Å². The molecule has 0 aromatic heterocycles. The molecule has 2 heterocycles. The Morgan fingerprint density at radius 3 is 2.58 bits per heavy atom. The summed E-state index contributed by atoms with van der Waals surface area (Å²) in [6.07, 6.45) is 0. The van der Waals surface area contributed by atoms with Crippen LogP contribution in [0.4, 0.5) is 11.4 Å². The van der Waals surface area contributed by atoms with Gasteiger partial charge in [0.05, 0.1) is 10.6 Å². The predicted molar refractivity (Wildman–Crippen MR) is 77.6 cm³/mol. The fourth-order valence-electron chi connectivity index (χ4n) is 3.15. The Morgan fingerprint density at radius 1 is 1.37 bits per heavy atom. The van der Waals surface area contributed by atoms with E-state index in [-0.39, 0.29) is 10.6 Å². The molecular weight excluding hydrogens is 310 g/mol. The first-order valence-electron chi connectivity index (χ1n) is 6.46. The molecule has 0 amide bonds. The Morgan fingerprint density at radius 2 is 2.00 bits per heavy atom. The summed E-state index contributed by atoms with van der Waals surface area (Å²) in [4.78, 5) is 12.9. The van der Waals surface area contributed by atoms with Gasteiger partial charge in [0.15, 0.2) is 0 Å². The second-order valence-corrected chi connectivity index (χ2v) is 6.28. The summed E-state index contributed by atoms with van der Waals surface area (Å²) >= 11 is 3.48. The van der Waals surface area contributed by atoms with E-state index in [1.54, 1.807) is 13.0 Å². The van der Waals surface area contributed by atoms with Crippen LogP contribution >= 0.6 is 15.9 Å². The highest BCUT2D eigenvalue weighted by Gasteiger charge is 2.36. The van der Waals surface area contributed by atoms with Crippen molar-refractivity contribution in [2.75, 3.05) is 31.1 Å². The van der Waals surface area contributed by atoms with Gasteiger partial charge >= 0.3 is 0 Å². The molecule has 0 bridgehead atoms. The number of nitro benzene ring substituents is 1. The molecule has 2 aliphatic heterocycles. The zero-order chi connectivity index (χ0) is 13.6. The van der Waals surface area contributed by atoms with E-state index in [9.17, 15) is 10.1 Å². The van der Waals surface area contributed by atoms with E-state index in [0.29, 0.717) is 11.8 Å². The number of rotatable bonds is 2. The van der Waals surface area contributed by atoms with Gasteiger partial charge in [0.2, 0.25) is 0 Å². The van der Waals surface area contributed by atoms with Gasteiger partial charge in [-0.15, -0.1) is 0 Å². The van der Waals surface area contributed by atoms with E-state index in [2.05, 4.69) is 26.1 Å². The number of hydrogen-bond donors (Lipinski definition) is 1. The Labute approximate surface area is 120 Å². The number of anilines is 1. The minimum atomic E-state index is -0.327. The summed E-state index contributed by atoms with van der Waals surface area (Å²) in [6.45, 7) is 6.04. The first-order chi connectivity index (χ1) is 9.06. The van der Waals surface area contributed by atoms with Crippen molar-refractivity contribution in [2.45, 2.75) is 6.92 Å². The number of halogens is 1. The molecule has 0 aliphatic carbocycles. The first-order valence-corrected chi connectivity index (χ1v) is 7.25. The van der Waals surface area contributed by atoms with Gasteiger partial charge in [0.25, 0.3) is 5.69 Å². The molecule has 1 aromatic carbocycles. The van der Waals surface area contributed by atoms with E-state index >= 15 is 0 Å². The predicted octanol–water partition coefficient (Wildman–Crippen LogP) is 2.32. The average molecular weight is 326 g/mol. The van der Waals surface area contributed by atoms with Gasteiger partial charge < -0.3 is 10.2 Å². The number of hydrogen-bond acceptors (Lipinski definition) is 4. The van der Waals surface area contributed by atoms with E-state index < -0.39 is 0 Å². The lowest BCUT2D eigenvalue weighted by molar-refractivity contribution is -0.385. The van der Waals surface area contributed by atoms with E-state index in [1.807, 2.05) is 6.07 Å². The van der Waals surface area contributed by atoms with Crippen molar-refractivity contribution in [3.63, 3.8) is 0 Å². The number of aryl methyl sites for hydroxylation is 1. The molecule has 0 unspecified atom stereocenters. The van der Waals surface area contributed by atoms with Crippen LogP contribution < -0.4 is 10.2 Å². The van der Waals surface area contributed by atoms with Gasteiger partial charge in [-0.3, -0.25) is 10.1 Å². The van der Waals surface area contributed by atoms with Crippen LogP contribution in [-0.2, 0) is 0 Å². The molecule has 1 aromatic rings. The van der Waals surface area contributed by atoms with Crippen molar-refractivity contribution in [3.8, 4) is 0 Å². The molecule has 102 valence electrons. The summed E-state index contributed by atoms with van der Waals surface area (Å²) < 4.78 is 0.817. The second kappa shape index (κ2) is 4.76. The minimum Gasteiger partial charge on any atom is -0.370 e. The van der Waals surface area contributed by atoms with Crippen LogP contribution in [0, 0.1) is 28.9 Å². The van der Waals surface area contributed by atoms with Crippen LogP contribution in [0.25, 0.3) is 0 Å². The fraction of sp³-hybridized carbons (Fsp3) is 0.538. The van der Waals surface area contributed by atoms with Crippen molar-refractivity contribution < 1.29 is 4.92 Å². The van der Waals surface area contributed by atoms with E-state index in [4.69, 9.17) is 0 Å². The van der Waals surface area contributed by atoms with Crippen molar-refractivity contribution in [1.82, 2.24) is 5.32 Å². The molecule has 2 aliphatic rings. The number of fused-ring (bicyclic) bond motifs is 1. The maximum Gasteiger partial charge on any atom is 0.273 e. The fourth-order valence-corrected chi connectivity index (χ4v) is 3.73. The summed E-state index contributed by atoms with van der Waals surface area (Å²) in [6, 6.07) is 3.55. The Balaban J connectivity index is 1.89. The van der Waals surface area contributed by atoms with Gasteiger partial charge in [0.1, 0.15) is 0 Å². The van der Waals surface area contributed by atoms with Gasteiger partial charge in [0, 0.05) is 42.3 Å². The lowest BCUT2D eigenvalue weighted by atomic mass is 10.0. The Hall–Kier alpha value is -1.14.